The lowest BCUT2D eigenvalue weighted by atomic mass is 10.1. The van der Waals surface area contributed by atoms with Crippen molar-refractivity contribution >= 4 is 29.3 Å². The molecule has 2 aromatic rings. The zero-order valence-electron chi connectivity index (χ0n) is 13.5. The van der Waals surface area contributed by atoms with E-state index in [-0.39, 0.29) is 11.3 Å². The summed E-state index contributed by atoms with van der Waals surface area (Å²) < 4.78 is 10.7. The molecule has 4 nitrogen and oxygen atoms in total. The summed E-state index contributed by atoms with van der Waals surface area (Å²) in [6, 6.07) is 12.8. The van der Waals surface area contributed by atoms with Crippen LogP contribution in [0.15, 0.2) is 42.5 Å². The van der Waals surface area contributed by atoms with Crippen LogP contribution in [0.25, 0.3) is 0 Å². The van der Waals surface area contributed by atoms with Gasteiger partial charge in [-0.1, -0.05) is 17.7 Å². The van der Waals surface area contributed by atoms with Gasteiger partial charge in [-0.05, 0) is 35.9 Å². The molecule has 1 atom stereocenters. The van der Waals surface area contributed by atoms with E-state index in [1.807, 2.05) is 23.1 Å². The van der Waals surface area contributed by atoms with Crippen LogP contribution in [0.5, 0.6) is 11.5 Å². The Morgan fingerprint density at radius 1 is 1.17 bits per heavy atom. The summed E-state index contributed by atoms with van der Waals surface area (Å²) in [5.74, 6) is 2.30. The molecular weight excluding hydrogens is 346 g/mol. The second-order valence-corrected chi connectivity index (χ2v) is 7.00. The molecule has 0 saturated carbocycles. The molecule has 1 aliphatic heterocycles. The monoisotopic (exact) mass is 363 g/mol. The van der Waals surface area contributed by atoms with Crippen LogP contribution in [-0.4, -0.2) is 37.3 Å². The Bertz CT molecular complexity index is 731. The Morgan fingerprint density at radius 3 is 2.50 bits per heavy atom. The first kappa shape index (κ1) is 17.0. The normalized spacial score (nSPS) is 17.0. The fourth-order valence-corrected chi connectivity index (χ4v) is 4.14. The van der Waals surface area contributed by atoms with Gasteiger partial charge < -0.3 is 14.4 Å². The van der Waals surface area contributed by atoms with E-state index >= 15 is 0 Å². The molecular formula is C18H18ClNO3S. The second-order valence-electron chi connectivity index (χ2n) is 5.38. The van der Waals surface area contributed by atoms with Gasteiger partial charge in [-0.15, -0.1) is 11.8 Å². The highest BCUT2D eigenvalue weighted by molar-refractivity contribution is 7.99. The minimum absolute atomic E-state index is 0.0192. The van der Waals surface area contributed by atoms with E-state index in [9.17, 15) is 4.79 Å². The summed E-state index contributed by atoms with van der Waals surface area (Å²) in [6.45, 7) is 0.695. The van der Waals surface area contributed by atoms with Crippen molar-refractivity contribution in [3.05, 3.63) is 58.6 Å². The van der Waals surface area contributed by atoms with Crippen LogP contribution in [-0.2, 0) is 0 Å². The maximum atomic E-state index is 12.9. The molecule has 1 saturated heterocycles. The quantitative estimate of drug-likeness (QED) is 0.814. The van der Waals surface area contributed by atoms with Crippen LogP contribution < -0.4 is 9.47 Å². The number of amides is 1. The number of nitrogens with zero attached hydrogens (tertiary/aromatic N) is 1. The van der Waals surface area contributed by atoms with Crippen molar-refractivity contribution in [2.45, 2.75) is 5.37 Å². The predicted octanol–water partition coefficient (Wildman–Crippen LogP) is 4.25. The molecule has 0 aliphatic carbocycles. The van der Waals surface area contributed by atoms with Gasteiger partial charge in [-0.25, -0.2) is 0 Å². The minimum atomic E-state index is -0.0690. The first-order chi connectivity index (χ1) is 11.6. The molecule has 0 bridgehead atoms. The Hall–Kier alpha value is -1.85. The van der Waals surface area contributed by atoms with Gasteiger partial charge in [0, 0.05) is 29.0 Å². The third-order valence-corrected chi connectivity index (χ3v) is 5.38. The Labute approximate surface area is 150 Å². The van der Waals surface area contributed by atoms with Crippen molar-refractivity contribution in [2.75, 3.05) is 26.5 Å². The zero-order chi connectivity index (χ0) is 17.1. The van der Waals surface area contributed by atoms with E-state index < -0.39 is 0 Å². The number of methoxy groups -OCH3 is 2. The summed E-state index contributed by atoms with van der Waals surface area (Å²) in [5, 5.41) is 0.493. The summed E-state index contributed by atoms with van der Waals surface area (Å²) >= 11 is 7.75. The lowest BCUT2D eigenvalue weighted by Crippen LogP contribution is -2.30. The van der Waals surface area contributed by atoms with E-state index in [0.717, 1.165) is 11.3 Å². The largest absolute Gasteiger partial charge is 0.497 e. The van der Waals surface area contributed by atoms with Crippen molar-refractivity contribution in [1.82, 2.24) is 4.90 Å². The molecule has 126 valence electrons. The third kappa shape index (κ3) is 3.47. The molecule has 0 radical (unpaired) electrons. The Morgan fingerprint density at radius 2 is 1.88 bits per heavy atom. The van der Waals surface area contributed by atoms with Gasteiger partial charge >= 0.3 is 0 Å². The maximum absolute atomic E-state index is 12.9. The van der Waals surface area contributed by atoms with Crippen LogP contribution in [0, 0.1) is 0 Å². The summed E-state index contributed by atoms with van der Waals surface area (Å²) in [6.07, 6.45) is 0. The summed E-state index contributed by atoms with van der Waals surface area (Å²) in [4.78, 5) is 14.7. The third-order valence-electron chi connectivity index (χ3n) is 3.88. The Kier molecular flexibility index (Phi) is 5.21. The smallest absolute Gasteiger partial charge is 0.255 e. The molecule has 0 N–H and O–H groups in total. The molecule has 1 fully saturated rings. The highest BCUT2D eigenvalue weighted by atomic mass is 35.5. The maximum Gasteiger partial charge on any atom is 0.255 e. The standard InChI is InChI=1S/C18H18ClNO3S/c1-22-15-9-13(10-16(11-15)23-2)18-20(6-7-24-18)17(21)12-4-3-5-14(19)8-12/h3-5,8-11,18H,6-7H2,1-2H3. The first-order valence-corrected chi connectivity index (χ1v) is 8.96. The fourth-order valence-electron chi connectivity index (χ4n) is 2.71. The van der Waals surface area contributed by atoms with E-state index in [0.29, 0.717) is 28.6 Å². The van der Waals surface area contributed by atoms with Gasteiger partial charge in [0.15, 0.2) is 0 Å². The molecule has 6 heteroatoms. The molecule has 3 rings (SSSR count). The number of rotatable bonds is 4. The lowest BCUT2D eigenvalue weighted by molar-refractivity contribution is 0.0760. The van der Waals surface area contributed by atoms with Crippen LogP contribution in [0.4, 0.5) is 0 Å². The van der Waals surface area contributed by atoms with Gasteiger partial charge in [-0.2, -0.15) is 0 Å². The average Bonchev–Trinajstić information content (AvgIpc) is 3.10. The van der Waals surface area contributed by atoms with Crippen molar-refractivity contribution in [3.8, 4) is 11.5 Å². The highest BCUT2D eigenvalue weighted by Gasteiger charge is 2.32. The number of thioether (sulfide) groups is 1. The van der Waals surface area contributed by atoms with Gasteiger partial charge in [0.05, 0.1) is 14.2 Å². The lowest BCUT2D eigenvalue weighted by Gasteiger charge is -2.25. The van der Waals surface area contributed by atoms with Gasteiger partial charge in [-0.3, -0.25) is 4.79 Å². The number of hydrogen-bond donors (Lipinski definition) is 0. The van der Waals surface area contributed by atoms with E-state index in [4.69, 9.17) is 21.1 Å². The van der Waals surface area contributed by atoms with Gasteiger partial charge in [0.2, 0.25) is 0 Å². The van der Waals surface area contributed by atoms with Crippen LogP contribution >= 0.6 is 23.4 Å². The predicted molar refractivity (Wildman–Crippen MR) is 97.2 cm³/mol. The van der Waals surface area contributed by atoms with E-state index in [1.165, 1.54) is 0 Å². The molecule has 0 aromatic heterocycles. The molecule has 1 unspecified atom stereocenters. The molecule has 1 heterocycles. The molecule has 1 aliphatic rings. The van der Waals surface area contributed by atoms with Gasteiger partial charge in [0.1, 0.15) is 16.9 Å². The Balaban J connectivity index is 1.92. The number of benzene rings is 2. The summed E-state index contributed by atoms with van der Waals surface area (Å²) in [5.41, 5.74) is 1.59. The SMILES string of the molecule is COc1cc(OC)cc(C2SCCN2C(=O)c2cccc(Cl)c2)c1. The number of carbonyl (C=O) groups is 1. The molecule has 2 aromatic carbocycles. The van der Waals surface area contributed by atoms with E-state index in [1.54, 1.807) is 50.2 Å². The second kappa shape index (κ2) is 7.36. The molecule has 0 spiro atoms. The average molecular weight is 364 g/mol. The molecule has 24 heavy (non-hydrogen) atoms. The highest BCUT2D eigenvalue weighted by Crippen LogP contribution is 2.41. The first-order valence-electron chi connectivity index (χ1n) is 7.53. The number of halogens is 1. The van der Waals surface area contributed by atoms with Crippen LogP contribution in [0.1, 0.15) is 21.3 Å². The number of ether oxygens (including phenoxy) is 2. The van der Waals surface area contributed by atoms with Gasteiger partial charge in [0.25, 0.3) is 5.91 Å². The van der Waals surface area contributed by atoms with Crippen molar-refractivity contribution in [2.24, 2.45) is 0 Å². The topological polar surface area (TPSA) is 38.8 Å². The molecule has 1 amide bonds. The van der Waals surface area contributed by atoms with Crippen molar-refractivity contribution in [1.29, 1.82) is 0 Å². The zero-order valence-corrected chi connectivity index (χ0v) is 15.1. The van der Waals surface area contributed by atoms with Crippen LogP contribution in [0.3, 0.4) is 0 Å². The number of carbonyl (C=O) groups excluding carboxylic acids is 1. The van der Waals surface area contributed by atoms with Crippen molar-refractivity contribution < 1.29 is 14.3 Å². The minimum Gasteiger partial charge on any atom is -0.497 e. The van der Waals surface area contributed by atoms with E-state index in [2.05, 4.69) is 0 Å². The number of hydrogen-bond acceptors (Lipinski definition) is 4. The van der Waals surface area contributed by atoms with Crippen molar-refractivity contribution in [3.63, 3.8) is 0 Å². The summed E-state index contributed by atoms with van der Waals surface area (Å²) in [7, 11) is 3.24. The fraction of sp³-hybridized carbons (Fsp3) is 0.278. The van der Waals surface area contributed by atoms with Crippen LogP contribution in [0.2, 0.25) is 5.02 Å².